The van der Waals surface area contributed by atoms with Crippen LogP contribution in [0.2, 0.25) is 0 Å². The van der Waals surface area contributed by atoms with Gasteiger partial charge in [0.25, 0.3) is 5.91 Å². The van der Waals surface area contributed by atoms with E-state index in [4.69, 9.17) is 5.11 Å². The maximum atomic E-state index is 13.1. The number of benzene rings is 1. The summed E-state index contributed by atoms with van der Waals surface area (Å²) in [5.74, 6) is -0.806. The summed E-state index contributed by atoms with van der Waals surface area (Å²) >= 11 is 3.00. The van der Waals surface area contributed by atoms with Gasteiger partial charge in [-0.2, -0.15) is 0 Å². The van der Waals surface area contributed by atoms with E-state index in [9.17, 15) is 9.18 Å². The molecule has 1 amide bonds. The van der Waals surface area contributed by atoms with E-state index < -0.39 is 5.82 Å². The number of carbonyl (C=O) groups excluding carboxylic acids is 1. The Morgan fingerprint density at radius 3 is 2.87 bits per heavy atom. The molecule has 0 fully saturated rings. The smallest absolute Gasteiger partial charge is 0.251 e. The average Bonchev–Trinajstić information content (AvgIpc) is 2.22. The first-order valence-electron chi connectivity index (χ1n) is 4.49. The zero-order valence-corrected chi connectivity index (χ0v) is 9.55. The third-order valence-electron chi connectivity index (χ3n) is 1.80. The molecule has 0 aliphatic heterocycles. The van der Waals surface area contributed by atoms with Crippen LogP contribution in [0.25, 0.3) is 0 Å². The van der Waals surface area contributed by atoms with Crippen LogP contribution in [0.4, 0.5) is 4.39 Å². The Hall–Kier alpha value is -0.940. The van der Waals surface area contributed by atoms with Crippen molar-refractivity contribution in [1.29, 1.82) is 0 Å². The number of aliphatic hydroxyl groups excluding tert-OH is 1. The van der Waals surface area contributed by atoms with Crippen LogP contribution in [0.5, 0.6) is 0 Å². The zero-order chi connectivity index (χ0) is 11.3. The maximum absolute atomic E-state index is 13.1. The largest absolute Gasteiger partial charge is 0.396 e. The van der Waals surface area contributed by atoms with E-state index in [1.807, 2.05) is 0 Å². The lowest BCUT2D eigenvalue weighted by Gasteiger charge is -2.04. The molecule has 0 aromatic heterocycles. The molecule has 15 heavy (non-hydrogen) atoms. The fourth-order valence-electron chi connectivity index (χ4n) is 1.02. The maximum Gasteiger partial charge on any atom is 0.251 e. The molecule has 1 aromatic carbocycles. The van der Waals surface area contributed by atoms with Crippen LogP contribution in [-0.4, -0.2) is 24.2 Å². The van der Waals surface area contributed by atoms with E-state index in [2.05, 4.69) is 21.2 Å². The number of amides is 1. The molecular weight excluding hydrogens is 265 g/mol. The summed E-state index contributed by atoms with van der Waals surface area (Å²) in [5.41, 5.74) is 0.272. The highest BCUT2D eigenvalue weighted by Crippen LogP contribution is 2.16. The second-order valence-corrected chi connectivity index (χ2v) is 3.82. The third-order valence-corrected chi connectivity index (χ3v) is 2.45. The number of carbonyl (C=O) groups is 1. The fraction of sp³-hybridized carbons (Fsp3) is 0.300. The van der Waals surface area contributed by atoms with Crippen LogP contribution in [-0.2, 0) is 0 Å². The molecule has 0 bridgehead atoms. The van der Waals surface area contributed by atoms with Crippen molar-refractivity contribution in [3.8, 4) is 0 Å². The molecule has 0 spiro atoms. The van der Waals surface area contributed by atoms with Crippen LogP contribution < -0.4 is 5.32 Å². The Morgan fingerprint density at radius 1 is 1.53 bits per heavy atom. The van der Waals surface area contributed by atoms with E-state index in [0.717, 1.165) is 0 Å². The van der Waals surface area contributed by atoms with Crippen molar-refractivity contribution in [3.63, 3.8) is 0 Å². The average molecular weight is 276 g/mol. The molecule has 0 heterocycles. The van der Waals surface area contributed by atoms with Crippen LogP contribution in [0.15, 0.2) is 22.7 Å². The summed E-state index contributed by atoms with van der Waals surface area (Å²) in [4.78, 5) is 11.4. The van der Waals surface area contributed by atoms with Gasteiger partial charge in [0.1, 0.15) is 5.82 Å². The number of rotatable bonds is 4. The molecule has 3 nitrogen and oxygen atoms in total. The fourth-order valence-corrected chi connectivity index (χ4v) is 1.27. The monoisotopic (exact) mass is 275 g/mol. The summed E-state index contributed by atoms with van der Waals surface area (Å²) in [7, 11) is 0. The van der Waals surface area contributed by atoms with Gasteiger partial charge >= 0.3 is 0 Å². The third kappa shape index (κ3) is 3.60. The van der Waals surface area contributed by atoms with E-state index in [-0.39, 0.29) is 18.1 Å². The highest BCUT2D eigenvalue weighted by molar-refractivity contribution is 9.10. The van der Waals surface area contributed by atoms with E-state index in [0.29, 0.717) is 17.4 Å². The predicted molar refractivity (Wildman–Crippen MR) is 58.1 cm³/mol. The number of hydrogen-bond acceptors (Lipinski definition) is 2. The van der Waals surface area contributed by atoms with Crippen LogP contribution >= 0.6 is 15.9 Å². The van der Waals surface area contributed by atoms with Crippen molar-refractivity contribution in [2.24, 2.45) is 0 Å². The SMILES string of the molecule is O=C(NCCCO)c1ccc(Br)c(F)c1. The lowest BCUT2D eigenvalue weighted by Crippen LogP contribution is -2.25. The first-order valence-corrected chi connectivity index (χ1v) is 5.28. The summed E-state index contributed by atoms with van der Waals surface area (Å²) < 4.78 is 13.4. The van der Waals surface area contributed by atoms with Crippen molar-refractivity contribution in [1.82, 2.24) is 5.32 Å². The van der Waals surface area contributed by atoms with Crippen LogP contribution in [0.3, 0.4) is 0 Å². The van der Waals surface area contributed by atoms with Gasteiger partial charge < -0.3 is 10.4 Å². The number of nitrogens with one attached hydrogen (secondary N) is 1. The van der Waals surface area contributed by atoms with Crippen molar-refractivity contribution in [2.75, 3.05) is 13.2 Å². The molecule has 0 aliphatic rings. The molecule has 1 rings (SSSR count). The number of hydrogen-bond donors (Lipinski definition) is 2. The standard InChI is InChI=1S/C10H11BrFNO2/c11-8-3-2-7(6-9(8)12)10(15)13-4-1-5-14/h2-3,6,14H,1,4-5H2,(H,13,15). The summed E-state index contributed by atoms with van der Waals surface area (Å²) in [6.07, 6.45) is 0.491. The van der Waals surface area contributed by atoms with Gasteiger partial charge in [-0.3, -0.25) is 4.79 Å². The van der Waals surface area contributed by atoms with Gasteiger partial charge in [-0.15, -0.1) is 0 Å². The normalized spacial score (nSPS) is 10.1. The molecule has 5 heteroatoms. The van der Waals surface area contributed by atoms with Gasteiger partial charge in [0.2, 0.25) is 0 Å². The predicted octanol–water partition coefficient (Wildman–Crippen LogP) is 1.70. The lowest BCUT2D eigenvalue weighted by molar-refractivity contribution is 0.0950. The lowest BCUT2D eigenvalue weighted by atomic mass is 10.2. The summed E-state index contributed by atoms with van der Waals surface area (Å²) in [5, 5.41) is 11.1. The molecule has 0 atom stereocenters. The highest BCUT2D eigenvalue weighted by Gasteiger charge is 2.07. The van der Waals surface area contributed by atoms with Gasteiger partial charge in [-0.1, -0.05) is 0 Å². The quantitative estimate of drug-likeness (QED) is 0.822. The number of aliphatic hydroxyl groups is 1. The Kier molecular flexibility index (Phi) is 4.71. The van der Waals surface area contributed by atoms with Crippen molar-refractivity contribution in [2.45, 2.75) is 6.42 Å². The summed E-state index contributed by atoms with van der Waals surface area (Å²) in [6.45, 7) is 0.405. The molecule has 82 valence electrons. The Bertz CT molecular complexity index is 357. The first-order chi connectivity index (χ1) is 7.15. The Labute approximate surface area is 95.4 Å². The Morgan fingerprint density at radius 2 is 2.27 bits per heavy atom. The van der Waals surface area contributed by atoms with Crippen molar-refractivity contribution >= 4 is 21.8 Å². The minimum atomic E-state index is -0.468. The van der Waals surface area contributed by atoms with Crippen molar-refractivity contribution in [3.05, 3.63) is 34.1 Å². The second kappa shape index (κ2) is 5.82. The zero-order valence-electron chi connectivity index (χ0n) is 7.96. The second-order valence-electron chi connectivity index (χ2n) is 2.96. The number of halogens is 2. The summed E-state index contributed by atoms with van der Waals surface area (Å²) in [6, 6.07) is 4.18. The molecule has 0 aliphatic carbocycles. The molecular formula is C10H11BrFNO2. The highest BCUT2D eigenvalue weighted by atomic mass is 79.9. The van der Waals surface area contributed by atoms with Crippen LogP contribution in [0.1, 0.15) is 16.8 Å². The van der Waals surface area contributed by atoms with Gasteiger partial charge in [0, 0.05) is 18.7 Å². The van der Waals surface area contributed by atoms with E-state index >= 15 is 0 Å². The van der Waals surface area contributed by atoms with Gasteiger partial charge in [-0.25, -0.2) is 4.39 Å². The van der Waals surface area contributed by atoms with Gasteiger partial charge in [0.15, 0.2) is 0 Å². The van der Waals surface area contributed by atoms with E-state index in [1.54, 1.807) is 0 Å². The van der Waals surface area contributed by atoms with Crippen molar-refractivity contribution < 1.29 is 14.3 Å². The minimum Gasteiger partial charge on any atom is -0.396 e. The molecule has 0 unspecified atom stereocenters. The molecule has 0 saturated carbocycles. The molecule has 2 N–H and O–H groups in total. The topological polar surface area (TPSA) is 49.3 Å². The van der Waals surface area contributed by atoms with Gasteiger partial charge in [0.05, 0.1) is 4.47 Å². The molecule has 0 saturated heterocycles. The Balaban J connectivity index is 2.62. The molecule has 0 radical (unpaired) electrons. The van der Waals surface area contributed by atoms with E-state index in [1.165, 1.54) is 18.2 Å². The minimum absolute atomic E-state index is 0.0228. The first kappa shape index (κ1) is 12.1. The van der Waals surface area contributed by atoms with Crippen LogP contribution in [0, 0.1) is 5.82 Å². The molecule has 1 aromatic rings. The van der Waals surface area contributed by atoms with Gasteiger partial charge in [-0.05, 0) is 40.5 Å².